The van der Waals surface area contributed by atoms with Gasteiger partial charge in [-0.1, -0.05) is 62.7 Å². The van der Waals surface area contributed by atoms with E-state index in [-0.39, 0.29) is 23.3 Å². The minimum Gasteiger partial charge on any atom is -0.507 e. The predicted molar refractivity (Wildman–Crippen MR) is 149 cm³/mol. The number of halogens is 1. The molecule has 0 bridgehead atoms. The number of carbonyl (C=O) groups excluding carboxylic acids is 2. The summed E-state index contributed by atoms with van der Waals surface area (Å²) in [4.78, 5) is 28.4. The molecule has 1 atom stereocenters. The first-order valence-electron chi connectivity index (χ1n) is 12.5. The van der Waals surface area contributed by atoms with Crippen molar-refractivity contribution in [3.63, 3.8) is 0 Å². The average molecular weight is 534 g/mol. The molecule has 1 saturated heterocycles. The zero-order valence-corrected chi connectivity index (χ0v) is 23.0. The lowest BCUT2D eigenvalue weighted by Gasteiger charge is -2.26. The fourth-order valence-electron chi connectivity index (χ4n) is 4.75. The second-order valence-electron chi connectivity index (χ2n) is 10.2. The first kappa shape index (κ1) is 27.3. The highest BCUT2D eigenvalue weighted by Gasteiger charge is 2.46. The minimum atomic E-state index is -0.818. The maximum absolute atomic E-state index is 13.5. The van der Waals surface area contributed by atoms with Crippen LogP contribution < -0.4 is 9.47 Å². The fraction of sp³-hybridized carbons (Fsp3) is 0.290. The van der Waals surface area contributed by atoms with Crippen LogP contribution in [0, 0.1) is 0 Å². The Morgan fingerprint density at radius 3 is 2.32 bits per heavy atom. The number of hydrogen-bond acceptors (Lipinski definition) is 5. The summed E-state index contributed by atoms with van der Waals surface area (Å²) in [6.07, 6.45) is 0. The Kier molecular flexibility index (Phi) is 7.83. The van der Waals surface area contributed by atoms with Crippen LogP contribution in [0.25, 0.3) is 5.76 Å². The maximum atomic E-state index is 13.5. The standard InChI is InChI=1S/C31H32ClNO5/c1-6-38-25-16-13-20(17-23(25)31(2,3)4)28(34)26-27(19-11-14-22(32)15-12-19)33(30(36)29(26)35)18-21-9-7-8-10-24(21)37-5/h7-17,27,34H,6,18H2,1-5H3/b28-26-. The number of ether oxygens (including phenoxy) is 2. The second kappa shape index (κ2) is 10.9. The molecule has 1 amide bonds. The van der Waals surface area contributed by atoms with E-state index in [1.807, 2.05) is 31.2 Å². The topological polar surface area (TPSA) is 76.1 Å². The molecule has 38 heavy (non-hydrogen) atoms. The third-order valence-corrected chi connectivity index (χ3v) is 6.87. The molecule has 1 aliphatic rings. The van der Waals surface area contributed by atoms with Crippen LogP contribution in [0.15, 0.2) is 72.3 Å². The van der Waals surface area contributed by atoms with Gasteiger partial charge in [0.05, 0.1) is 31.9 Å². The highest BCUT2D eigenvalue weighted by Crippen LogP contribution is 2.42. The van der Waals surface area contributed by atoms with Gasteiger partial charge in [-0.2, -0.15) is 0 Å². The van der Waals surface area contributed by atoms with Crippen molar-refractivity contribution in [2.75, 3.05) is 13.7 Å². The summed E-state index contributed by atoms with van der Waals surface area (Å²) in [7, 11) is 1.56. The maximum Gasteiger partial charge on any atom is 0.295 e. The van der Waals surface area contributed by atoms with E-state index in [9.17, 15) is 14.7 Å². The number of Topliss-reactive ketones (excluding diaryl/α,β-unsaturated/α-hetero) is 1. The molecule has 0 spiro atoms. The monoisotopic (exact) mass is 533 g/mol. The van der Waals surface area contributed by atoms with E-state index in [4.69, 9.17) is 21.1 Å². The third kappa shape index (κ3) is 5.27. The molecule has 3 aromatic carbocycles. The number of aliphatic hydroxyl groups excluding tert-OH is 1. The molecule has 1 heterocycles. The van der Waals surface area contributed by atoms with Crippen LogP contribution in [0.4, 0.5) is 0 Å². The van der Waals surface area contributed by atoms with E-state index in [0.717, 1.165) is 11.1 Å². The van der Waals surface area contributed by atoms with Crippen molar-refractivity contribution in [2.24, 2.45) is 0 Å². The van der Waals surface area contributed by atoms with Crippen LogP contribution in [-0.2, 0) is 21.5 Å². The predicted octanol–water partition coefficient (Wildman–Crippen LogP) is 6.67. The zero-order chi connectivity index (χ0) is 27.6. The van der Waals surface area contributed by atoms with Crippen molar-refractivity contribution in [1.82, 2.24) is 4.90 Å². The van der Waals surface area contributed by atoms with Crippen molar-refractivity contribution in [3.8, 4) is 11.5 Å². The van der Waals surface area contributed by atoms with Gasteiger partial charge in [0, 0.05) is 21.7 Å². The van der Waals surface area contributed by atoms with E-state index in [0.29, 0.717) is 34.3 Å². The van der Waals surface area contributed by atoms with Crippen molar-refractivity contribution >= 4 is 29.1 Å². The summed E-state index contributed by atoms with van der Waals surface area (Å²) >= 11 is 6.14. The molecular formula is C31H32ClNO5. The quantitative estimate of drug-likeness (QED) is 0.208. The number of amides is 1. The molecule has 0 aromatic heterocycles. The molecule has 1 unspecified atom stereocenters. The number of rotatable bonds is 7. The van der Waals surface area contributed by atoms with E-state index in [1.54, 1.807) is 49.6 Å². The number of nitrogens with zero attached hydrogens (tertiary/aromatic N) is 1. The van der Waals surface area contributed by atoms with Gasteiger partial charge < -0.3 is 19.5 Å². The van der Waals surface area contributed by atoms with Gasteiger partial charge >= 0.3 is 0 Å². The Labute approximate surface area is 228 Å². The van der Waals surface area contributed by atoms with Crippen LogP contribution in [0.3, 0.4) is 0 Å². The van der Waals surface area contributed by atoms with Crippen molar-refractivity contribution in [3.05, 3.63) is 99.6 Å². The molecule has 1 aliphatic heterocycles. The summed E-state index contributed by atoms with van der Waals surface area (Å²) in [5.41, 5.74) is 2.46. The minimum absolute atomic E-state index is 0.0243. The normalized spacial score (nSPS) is 17.1. The lowest BCUT2D eigenvalue weighted by atomic mass is 9.84. The molecule has 0 radical (unpaired) electrons. The number of aliphatic hydroxyl groups is 1. The SMILES string of the molecule is CCOc1ccc(/C(O)=C2/C(=O)C(=O)N(Cc3ccccc3OC)C2c2ccc(Cl)cc2)cc1C(C)(C)C. The third-order valence-electron chi connectivity index (χ3n) is 6.62. The molecule has 4 rings (SSSR count). The highest BCUT2D eigenvalue weighted by molar-refractivity contribution is 6.46. The number of para-hydroxylation sites is 1. The number of likely N-dealkylation sites (tertiary alicyclic amines) is 1. The average Bonchev–Trinajstić information content (AvgIpc) is 3.14. The molecule has 198 valence electrons. The number of methoxy groups -OCH3 is 1. The summed E-state index contributed by atoms with van der Waals surface area (Å²) in [6, 6.07) is 18.8. The van der Waals surface area contributed by atoms with Crippen molar-refractivity contribution in [2.45, 2.75) is 45.7 Å². The first-order chi connectivity index (χ1) is 18.1. The van der Waals surface area contributed by atoms with Gasteiger partial charge in [0.1, 0.15) is 17.3 Å². The summed E-state index contributed by atoms with van der Waals surface area (Å²) in [5.74, 6) is -0.365. The van der Waals surface area contributed by atoms with E-state index < -0.39 is 17.7 Å². The van der Waals surface area contributed by atoms with Gasteiger partial charge in [0.25, 0.3) is 11.7 Å². The first-order valence-corrected chi connectivity index (χ1v) is 12.9. The molecular weight excluding hydrogens is 502 g/mol. The van der Waals surface area contributed by atoms with Crippen LogP contribution in [0.5, 0.6) is 11.5 Å². The van der Waals surface area contributed by atoms with E-state index in [1.165, 1.54) is 4.90 Å². The van der Waals surface area contributed by atoms with Crippen LogP contribution in [0.2, 0.25) is 5.02 Å². The van der Waals surface area contributed by atoms with Crippen LogP contribution in [0.1, 0.15) is 56.0 Å². The largest absolute Gasteiger partial charge is 0.507 e. The number of hydrogen-bond donors (Lipinski definition) is 1. The molecule has 0 saturated carbocycles. The molecule has 7 heteroatoms. The summed E-state index contributed by atoms with van der Waals surface area (Å²) in [6.45, 7) is 8.68. The Morgan fingerprint density at radius 1 is 1.00 bits per heavy atom. The lowest BCUT2D eigenvalue weighted by molar-refractivity contribution is -0.140. The lowest BCUT2D eigenvalue weighted by Crippen LogP contribution is -2.29. The molecule has 6 nitrogen and oxygen atoms in total. The van der Waals surface area contributed by atoms with Crippen molar-refractivity contribution < 1.29 is 24.2 Å². The smallest absolute Gasteiger partial charge is 0.295 e. The van der Waals surface area contributed by atoms with Crippen LogP contribution in [-0.4, -0.2) is 35.4 Å². The molecule has 1 fully saturated rings. The zero-order valence-electron chi connectivity index (χ0n) is 22.2. The van der Waals surface area contributed by atoms with Gasteiger partial charge in [-0.3, -0.25) is 9.59 Å². The van der Waals surface area contributed by atoms with E-state index >= 15 is 0 Å². The molecule has 0 aliphatic carbocycles. The molecule has 1 N–H and O–H groups in total. The summed E-state index contributed by atoms with van der Waals surface area (Å²) in [5, 5.41) is 12.1. The fourth-order valence-corrected chi connectivity index (χ4v) is 4.88. The second-order valence-corrected chi connectivity index (χ2v) is 10.6. The molecule has 3 aromatic rings. The summed E-state index contributed by atoms with van der Waals surface area (Å²) < 4.78 is 11.3. The van der Waals surface area contributed by atoms with Gasteiger partial charge in [-0.25, -0.2) is 0 Å². The van der Waals surface area contributed by atoms with Gasteiger partial charge in [-0.15, -0.1) is 0 Å². The van der Waals surface area contributed by atoms with Crippen LogP contribution >= 0.6 is 11.6 Å². The number of benzene rings is 3. The number of ketones is 1. The highest BCUT2D eigenvalue weighted by atomic mass is 35.5. The van der Waals surface area contributed by atoms with Gasteiger partial charge in [-0.05, 0) is 54.3 Å². The van der Waals surface area contributed by atoms with Crippen molar-refractivity contribution in [1.29, 1.82) is 0 Å². The van der Waals surface area contributed by atoms with E-state index in [2.05, 4.69) is 20.8 Å². The Bertz CT molecular complexity index is 1390. The Balaban J connectivity index is 1.89. The van der Waals surface area contributed by atoms with Gasteiger partial charge in [0.15, 0.2) is 0 Å². The Morgan fingerprint density at radius 2 is 1.68 bits per heavy atom. The number of carbonyl (C=O) groups is 2. The van der Waals surface area contributed by atoms with Gasteiger partial charge in [0.2, 0.25) is 0 Å². The Hall–Kier alpha value is -3.77.